The summed E-state index contributed by atoms with van der Waals surface area (Å²) in [6.07, 6.45) is 4.10. The van der Waals surface area contributed by atoms with Crippen LogP contribution in [0.15, 0.2) is 60.7 Å². The van der Waals surface area contributed by atoms with E-state index in [0.717, 1.165) is 30.8 Å². The maximum atomic E-state index is 9.44. The van der Waals surface area contributed by atoms with E-state index >= 15 is 0 Å². The third-order valence-corrected chi connectivity index (χ3v) is 5.15. The Morgan fingerprint density at radius 1 is 1.00 bits per heavy atom. The van der Waals surface area contributed by atoms with Crippen molar-refractivity contribution in [1.29, 1.82) is 0 Å². The number of aliphatic hydroxyl groups excluding tert-OH is 1. The number of benzene rings is 2. The van der Waals surface area contributed by atoms with Gasteiger partial charge in [0.25, 0.3) is 0 Å². The van der Waals surface area contributed by atoms with Gasteiger partial charge >= 0.3 is 0 Å². The molecule has 0 fully saturated rings. The van der Waals surface area contributed by atoms with E-state index in [-0.39, 0.29) is 12.6 Å². The molecule has 134 valence electrons. The summed E-state index contributed by atoms with van der Waals surface area (Å²) in [5.41, 5.74) is 6.23. The van der Waals surface area contributed by atoms with Crippen LogP contribution in [0.2, 0.25) is 0 Å². The van der Waals surface area contributed by atoms with E-state index in [1.807, 2.05) is 24.3 Å². The van der Waals surface area contributed by atoms with E-state index in [9.17, 15) is 5.11 Å². The summed E-state index contributed by atoms with van der Waals surface area (Å²) in [6.45, 7) is 0.894. The molecule has 26 heavy (non-hydrogen) atoms. The summed E-state index contributed by atoms with van der Waals surface area (Å²) in [6, 6.07) is 20.9. The molecule has 1 atom stereocenters. The summed E-state index contributed by atoms with van der Waals surface area (Å²) < 4.78 is 2.11. The highest BCUT2D eigenvalue weighted by Crippen LogP contribution is 2.28. The summed E-state index contributed by atoms with van der Waals surface area (Å²) >= 11 is 0. The van der Waals surface area contributed by atoms with Gasteiger partial charge in [-0.2, -0.15) is 5.10 Å². The molecule has 1 aliphatic carbocycles. The molecule has 0 saturated heterocycles. The molecule has 1 heterocycles. The van der Waals surface area contributed by atoms with Gasteiger partial charge in [0, 0.05) is 24.9 Å². The zero-order valence-corrected chi connectivity index (χ0v) is 14.9. The Bertz CT molecular complexity index is 843. The maximum Gasteiger partial charge on any atom is 0.0801 e. The van der Waals surface area contributed by atoms with Gasteiger partial charge in [-0.15, -0.1) is 0 Å². The Hall–Kier alpha value is -2.43. The molecule has 0 radical (unpaired) electrons. The fourth-order valence-electron chi connectivity index (χ4n) is 3.86. The third kappa shape index (κ3) is 3.43. The SMILES string of the molecule is OCCC(NCc1nn(-c2ccccc2)c2c1CCC2)c1ccccc1. The van der Waals surface area contributed by atoms with Crippen molar-refractivity contribution in [3.63, 3.8) is 0 Å². The molecule has 0 aliphatic heterocycles. The van der Waals surface area contributed by atoms with Crippen LogP contribution in [0.4, 0.5) is 0 Å². The van der Waals surface area contributed by atoms with Crippen LogP contribution in [0.1, 0.15) is 41.4 Å². The average molecular weight is 347 g/mol. The first-order chi connectivity index (χ1) is 12.9. The van der Waals surface area contributed by atoms with E-state index in [1.165, 1.54) is 23.2 Å². The van der Waals surface area contributed by atoms with Crippen LogP contribution in [0, 0.1) is 0 Å². The lowest BCUT2D eigenvalue weighted by atomic mass is 10.0. The average Bonchev–Trinajstić information content (AvgIpc) is 3.30. The molecule has 0 spiro atoms. The van der Waals surface area contributed by atoms with Crippen molar-refractivity contribution in [2.75, 3.05) is 6.61 Å². The number of para-hydroxylation sites is 1. The van der Waals surface area contributed by atoms with Gasteiger partial charge < -0.3 is 10.4 Å². The van der Waals surface area contributed by atoms with E-state index in [0.29, 0.717) is 6.42 Å². The first-order valence-corrected chi connectivity index (χ1v) is 9.41. The van der Waals surface area contributed by atoms with Crippen molar-refractivity contribution in [2.45, 2.75) is 38.3 Å². The summed E-state index contributed by atoms with van der Waals surface area (Å²) in [4.78, 5) is 0. The number of nitrogens with one attached hydrogen (secondary N) is 1. The number of fused-ring (bicyclic) bond motifs is 1. The van der Waals surface area contributed by atoms with Crippen molar-refractivity contribution in [3.05, 3.63) is 83.2 Å². The number of aliphatic hydroxyl groups is 1. The fourth-order valence-corrected chi connectivity index (χ4v) is 3.86. The summed E-state index contributed by atoms with van der Waals surface area (Å²) in [5, 5.41) is 18.0. The summed E-state index contributed by atoms with van der Waals surface area (Å²) in [7, 11) is 0. The molecular formula is C22H25N3O. The minimum Gasteiger partial charge on any atom is -0.396 e. The number of nitrogens with zero attached hydrogens (tertiary/aromatic N) is 2. The van der Waals surface area contributed by atoms with Crippen molar-refractivity contribution in [1.82, 2.24) is 15.1 Å². The molecule has 4 heteroatoms. The fraction of sp³-hybridized carbons (Fsp3) is 0.318. The first kappa shape index (κ1) is 17.0. The highest BCUT2D eigenvalue weighted by atomic mass is 16.3. The molecule has 0 amide bonds. The third-order valence-electron chi connectivity index (χ3n) is 5.15. The van der Waals surface area contributed by atoms with Gasteiger partial charge in [0.2, 0.25) is 0 Å². The van der Waals surface area contributed by atoms with Crippen LogP contribution >= 0.6 is 0 Å². The molecule has 4 rings (SSSR count). The lowest BCUT2D eigenvalue weighted by molar-refractivity contribution is 0.264. The standard InChI is InChI=1S/C22H25N3O/c26-15-14-20(17-8-3-1-4-9-17)23-16-21-19-12-7-13-22(19)25(24-21)18-10-5-2-6-11-18/h1-6,8-11,20,23,26H,7,12-16H2. The van der Waals surface area contributed by atoms with Gasteiger partial charge in [-0.3, -0.25) is 0 Å². The smallest absolute Gasteiger partial charge is 0.0801 e. The van der Waals surface area contributed by atoms with Crippen LogP contribution < -0.4 is 5.32 Å². The van der Waals surface area contributed by atoms with Crippen LogP contribution in [-0.2, 0) is 19.4 Å². The number of hydrogen-bond donors (Lipinski definition) is 2. The zero-order chi connectivity index (χ0) is 17.8. The molecule has 1 aromatic heterocycles. The van der Waals surface area contributed by atoms with Gasteiger partial charge in [0.15, 0.2) is 0 Å². The highest BCUT2D eigenvalue weighted by Gasteiger charge is 2.23. The van der Waals surface area contributed by atoms with E-state index in [1.54, 1.807) is 0 Å². The van der Waals surface area contributed by atoms with Gasteiger partial charge in [0.1, 0.15) is 0 Å². The zero-order valence-electron chi connectivity index (χ0n) is 14.9. The second-order valence-electron chi connectivity index (χ2n) is 6.83. The second kappa shape index (κ2) is 7.85. The lowest BCUT2D eigenvalue weighted by Crippen LogP contribution is -2.22. The molecule has 2 aromatic carbocycles. The number of hydrogen-bond acceptors (Lipinski definition) is 3. The Morgan fingerprint density at radius 3 is 2.46 bits per heavy atom. The molecule has 0 bridgehead atoms. The van der Waals surface area contributed by atoms with E-state index < -0.39 is 0 Å². The minimum absolute atomic E-state index is 0.139. The van der Waals surface area contributed by atoms with Crippen molar-refractivity contribution in [2.24, 2.45) is 0 Å². The van der Waals surface area contributed by atoms with Crippen molar-refractivity contribution < 1.29 is 5.11 Å². The Labute approximate surface area is 154 Å². The van der Waals surface area contributed by atoms with Crippen molar-refractivity contribution >= 4 is 0 Å². The van der Waals surface area contributed by atoms with E-state index in [2.05, 4.69) is 46.4 Å². The molecule has 0 saturated carbocycles. The molecular weight excluding hydrogens is 322 g/mol. The monoisotopic (exact) mass is 347 g/mol. The normalized spacial score (nSPS) is 14.3. The van der Waals surface area contributed by atoms with Gasteiger partial charge in [-0.05, 0) is 48.9 Å². The first-order valence-electron chi connectivity index (χ1n) is 9.41. The second-order valence-corrected chi connectivity index (χ2v) is 6.83. The van der Waals surface area contributed by atoms with Crippen molar-refractivity contribution in [3.8, 4) is 5.69 Å². The molecule has 1 aliphatic rings. The lowest BCUT2D eigenvalue weighted by Gasteiger charge is -2.18. The number of rotatable bonds is 7. The largest absolute Gasteiger partial charge is 0.396 e. The van der Waals surface area contributed by atoms with Crippen LogP contribution in [0.3, 0.4) is 0 Å². The Morgan fingerprint density at radius 2 is 1.73 bits per heavy atom. The highest BCUT2D eigenvalue weighted by molar-refractivity contribution is 5.40. The quantitative estimate of drug-likeness (QED) is 0.687. The summed E-state index contributed by atoms with van der Waals surface area (Å²) in [5.74, 6) is 0. The molecule has 4 nitrogen and oxygen atoms in total. The van der Waals surface area contributed by atoms with Crippen LogP contribution in [0.5, 0.6) is 0 Å². The van der Waals surface area contributed by atoms with E-state index in [4.69, 9.17) is 5.10 Å². The predicted molar refractivity (Wildman–Crippen MR) is 103 cm³/mol. The van der Waals surface area contributed by atoms with Crippen LogP contribution in [0.25, 0.3) is 5.69 Å². The predicted octanol–water partition coefficient (Wildman–Crippen LogP) is 3.57. The maximum absolute atomic E-state index is 9.44. The van der Waals surface area contributed by atoms with Crippen LogP contribution in [-0.4, -0.2) is 21.5 Å². The number of aromatic nitrogens is 2. The van der Waals surface area contributed by atoms with Gasteiger partial charge in [-0.25, -0.2) is 4.68 Å². The molecule has 3 aromatic rings. The molecule has 1 unspecified atom stereocenters. The minimum atomic E-state index is 0.139. The Kier molecular flexibility index (Phi) is 5.14. The van der Waals surface area contributed by atoms with Gasteiger partial charge in [-0.1, -0.05) is 48.5 Å². The Balaban J connectivity index is 1.57. The topological polar surface area (TPSA) is 50.1 Å². The van der Waals surface area contributed by atoms with Gasteiger partial charge in [0.05, 0.1) is 11.4 Å². The molecule has 2 N–H and O–H groups in total.